The van der Waals surface area contributed by atoms with Crippen LogP contribution in [0.4, 0.5) is 17.1 Å². The van der Waals surface area contributed by atoms with E-state index in [0.717, 1.165) is 17.1 Å². The second-order valence-electron chi connectivity index (χ2n) is 14.1. The van der Waals surface area contributed by atoms with Crippen molar-refractivity contribution in [2.45, 2.75) is 0 Å². The lowest BCUT2D eigenvalue weighted by molar-refractivity contribution is 1.18. The van der Waals surface area contributed by atoms with Crippen LogP contribution in [0.25, 0.3) is 89.4 Å². The van der Waals surface area contributed by atoms with E-state index < -0.39 is 0 Å². The van der Waals surface area contributed by atoms with Crippen LogP contribution in [0, 0.1) is 0 Å². The van der Waals surface area contributed by atoms with Gasteiger partial charge in [0.2, 0.25) is 0 Å². The number of nitrogens with zero attached hydrogens (tertiary/aromatic N) is 2. The highest BCUT2D eigenvalue weighted by Gasteiger charge is 2.22. The molecule has 0 unspecified atom stereocenters. The molecule has 0 fully saturated rings. The van der Waals surface area contributed by atoms with E-state index in [1.165, 1.54) is 89.4 Å². The minimum Gasteiger partial charge on any atom is -0.309 e. The highest BCUT2D eigenvalue weighted by molar-refractivity contribution is 7.26. The molecule has 0 spiro atoms. The summed E-state index contributed by atoms with van der Waals surface area (Å²) in [5, 5.41) is 12.8. The first kappa shape index (κ1) is 30.0. The van der Waals surface area contributed by atoms with E-state index in [2.05, 4.69) is 191 Å². The summed E-state index contributed by atoms with van der Waals surface area (Å²) in [5.74, 6) is 0. The third-order valence-corrected chi connectivity index (χ3v) is 13.4. The average Bonchev–Trinajstić information content (AvgIpc) is 3.90. The van der Waals surface area contributed by atoms with Crippen LogP contribution < -0.4 is 4.90 Å². The topological polar surface area (TPSA) is 8.17 Å². The second kappa shape index (κ2) is 11.5. The lowest BCUT2D eigenvalue weighted by Crippen LogP contribution is -2.10. The molecular weight excluding hydrogens is 693 g/mol. The van der Waals surface area contributed by atoms with E-state index in [1.807, 2.05) is 22.7 Å². The molecular formula is C50H30N2S2. The quantitative estimate of drug-likeness (QED) is 0.176. The highest BCUT2D eigenvalue weighted by Crippen LogP contribution is 2.48. The fourth-order valence-electron chi connectivity index (χ4n) is 8.68. The van der Waals surface area contributed by atoms with Crippen LogP contribution in [0.2, 0.25) is 0 Å². The molecule has 0 aliphatic rings. The van der Waals surface area contributed by atoms with Gasteiger partial charge in [-0.1, -0.05) is 115 Å². The monoisotopic (exact) mass is 722 g/mol. The van der Waals surface area contributed by atoms with E-state index >= 15 is 0 Å². The van der Waals surface area contributed by atoms with Crippen LogP contribution in [0.15, 0.2) is 182 Å². The van der Waals surface area contributed by atoms with E-state index in [1.54, 1.807) is 0 Å². The van der Waals surface area contributed by atoms with Crippen molar-refractivity contribution >= 4 is 123 Å². The van der Waals surface area contributed by atoms with Gasteiger partial charge < -0.3 is 9.47 Å². The number of benzene rings is 9. The minimum absolute atomic E-state index is 1.14. The first-order valence-corrected chi connectivity index (χ1v) is 20.0. The Morgan fingerprint density at radius 2 is 1.04 bits per heavy atom. The van der Waals surface area contributed by atoms with Crippen molar-refractivity contribution in [2.75, 3.05) is 4.90 Å². The smallest absolute Gasteiger partial charge is 0.0640 e. The third kappa shape index (κ3) is 4.38. The summed E-state index contributed by atoms with van der Waals surface area (Å²) < 4.78 is 7.65. The lowest BCUT2D eigenvalue weighted by Gasteiger charge is -2.26. The van der Waals surface area contributed by atoms with Gasteiger partial charge in [-0.25, -0.2) is 0 Å². The number of aromatic nitrogens is 1. The summed E-state index contributed by atoms with van der Waals surface area (Å²) in [6.45, 7) is 0. The van der Waals surface area contributed by atoms with Gasteiger partial charge in [0.25, 0.3) is 0 Å². The average molecular weight is 723 g/mol. The Bertz CT molecular complexity index is 3460. The molecule has 0 radical (unpaired) electrons. The Balaban J connectivity index is 1.15. The Hall–Kier alpha value is -6.46. The SMILES string of the molecule is c1ccc(-n2c3ccc(N(c4ccc5c(c4)sc4cc6ccccc6cc45)c4cccc5c4sc4ccccc45)cc3c3ccc4ccccc4c32)cc1. The maximum Gasteiger partial charge on any atom is 0.0640 e. The summed E-state index contributed by atoms with van der Waals surface area (Å²) in [4.78, 5) is 2.49. The first-order valence-electron chi connectivity index (χ1n) is 18.3. The maximum absolute atomic E-state index is 2.49. The first-order chi connectivity index (χ1) is 26.8. The van der Waals surface area contributed by atoms with Crippen LogP contribution >= 0.6 is 22.7 Å². The second-order valence-corrected chi connectivity index (χ2v) is 16.3. The van der Waals surface area contributed by atoms with Gasteiger partial charge in [0, 0.05) is 68.9 Å². The molecule has 0 amide bonds. The van der Waals surface area contributed by atoms with Crippen molar-refractivity contribution < 1.29 is 0 Å². The van der Waals surface area contributed by atoms with E-state index in [0.29, 0.717) is 0 Å². The van der Waals surface area contributed by atoms with Crippen molar-refractivity contribution in [3.63, 3.8) is 0 Å². The van der Waals surface area contributed by atoms with Crippen molar-refractivity contribution in [1.82, 2.24) is 4.57 Å². The summed E-state index contributed by atoms with van der Waals surface area (Å²) in [6.07, 6.45) is 0. The molecule has 3 aromatic heterocycles. The van der Waals surface area contributed by atoms with Gasteiger partial charge in [0.15, 0.2) is 0 Å². The molecule has 12 rings (SSSR count). The molecule has 2 nitrogen and oxygen atoms in total. The molecule has 252 valence electrons. The van der Waals surface area contributed by atoms with Crippen molar-refractivity contribution in [2.24, 2.45) is 0 Å². The predicted octanol–water partition coefficient (Wildman–Crippen LogP) is 15.3. The fraction of sp³-hybridized carbons (Fsp3) is 0. The van der Waals surface area contributed by atoms with E-state index in [-0.39, 0.29) is 0 Å². The molecule has 4 heteroatoms. The van der Waals surface area contributed by atoms with Crippen LogP contribution in [-0.2, 0) is 0 Å². The predicted molar refractivity (Wildman–Crippen MR) is 236 cm³/mol. The zero-order valence-electron chi connectivity index (χ0n) is 29.0. The van der Waals surface area contributed by atoms with Gasteiger partial charge in [0.1, 0.15) is 0 Å². The summed E-state index contributed by atoms with van der Waals surface area (Å²) in [6, 6.07) is 67.2. The molecule has 0 N–H and O–H groups in total. The number of hydrogen-bond donors (Lipinski definition) is 0. The Labute approximate surface area is 319 Å². The van der Waals surface area contributed by atoms with Gasteiger partial charge in [-0.05, 0) is 82.9 Å². The van der Waals surface area contributed by atoms with Gasteiger partial charge in [0.05, 0.1) is 21.4 Å². The molecule has 54 heavy (non-hydrogen) atoms. The number of fused-ring (bicyclic) bond motifs is 12. The molecule has 0 saturated carbocycles. The molecule has 12 aromatic rings. The highest BCUT2D eigenvalue weighted by atomic mass is 32.1. The summed E-state index contributed by atoms with van der Waals surface area (Å²) in [7, 11) is 0. The summed E-state index contributed by atoms with van der Waals surface area (Å²) in [5.41, 5.74) is 7.08. The van der Waals surface area contributed by atoms with Crippen LogP contribution in [0.3, 0.4) is 0 Å². The normalized spacial score (nSPS) is 12.1. The molecule has 0 saturated heterocycles. The molecule has 3 heterocycles. The van der Waals surface area contributed by atoms with Crippen molar-refractivity contribution in [3.05, 3.63) is 182 Å². The van der Waals surface area contributed by atoms with Crippen molar-refractivity contribution in [1.29, 1.82) is 0 Å². The van der Waals surface area contributed by atoms with Gasteiger partial charge in [-0.3, -0.25) is 0 Å². The summed E-state index contributed by atoms with van der Waals surface area (Å²) >= 11 is 3.77. The van der Waals surface area contributed by atoms with Crippen LogP contribution in [-0.4, -0.2) is 4.57 Å². The molecule has 0 atom stereocenters. The van der Waals surface area contributed by atoms with Crippen LogP contribution in [0.1, 0.15) is 0 Å². The van der Waals surface area contributed by atoms with Gasteiger partial charge in [-0.15, -0.1) is 22.7 Å². The fourth-order valence-corrected chi connectivity index (χ4v) is 11.1. The number of anilines is 3. The van der Waals surface area contributed by atoms with Gasteiger partial charge >= 0.3 is 0 Å². The molecule has 0 aliphatic heterocycles. The zero-order valence-corrected chi connectivity index (χ0v) is 30.7. The van der Waals surface area contributed by atoms with Crippen molar-refractivity contribution in [3.8, 4) is 5.69 Å². The van der Waals surface area contributed by atoms with Gasteiger partial charge in [-0.2, -0.15) is 0 Å². The Kier molecular flexibility index (Phi) is 6.41. The maximum atomic E-state index is 2.49. The molecule has 0 bridgehead atoms. The van der Waals surface area contributed by atoms with Crippen LogP contribution in [0.5, 0.6) is 0 Å². The minimum atomic E-state index is 1.14. The molecule has 0 aliphatic carbocycles. The number of thiophene rings is 2. The van der Waals surface area contributed by atoms with E-state index in [4.69, 9.17) is 0 Å². The zero-order chi connectivity index (χ0) is 35.3. The largest absolute Gasteiger partial charge is 0.309 e. The third-order valence-electron chi connectivity index (χ3n) is 11.1. The number of hydrogen-bond acceptors (Lipinski definition) is 3. The number of para-hydroxylation sites is 1. The lowest BCUT2D eigenvalue weighted by atomic mass is 10.0. The molecule has 9 aromatic carbocycles. The standard InChI is InChI=1S/C50H30N2S2/c1-2-14-34(15-3-1)52-44-26-23-35(29-42(44)40-24-21-31-11-6-7-16-37(31)49(40)52)51(45-19-10-18-41-38-17-8-9-20-46(38)54-50(41)45)36-22-25-39-43-27-32-12-4-5-13-33(32)28-47(43)53-48(39)30-36/h1-30H. The number of rotatable bonds is 4. The Morgan fingerprint density at radius 3 is 1.93 bits per heavy atom. The Morgan fingerprint density at radius 1 is 0.370 bits per heavy atom. The van der Waals surface area contributed by atoms with E-state index in [9.17, 15) is 0 Å².